The number of rotatable bonds is 7. The zero-order chi connectivity index (χ0) is 21.8. The number of anilines is 1. The first-order valence-electron chi connectivity index (χ1n) is 11.0. The summed E-state index contributed by atoms with van der Waals surface area (Å²) < 4.78 is 1.07. The van der Waals surface area contributed by atoms with Crippen LogP contribution < -0.4 is 10.6 Å². The molecule has 0 spiro atoms. The third kappa shape index (κ3) is 5.05. The van der Waals surface area contributed by atoms with E-state index in [9.17, 15) is 4.79 Å². The van der Waals surface area contributed by atoms with E-state index in [2.05, 4.69) is 56.9 Å². The van der Waals surface area contributed by atoms with E-state index in [0.29, 0.717) is 16.7 Å². The normalized spacial score (nSPS) is 16.4. The highest BCUT2D eigenvalue weighted by molar-refractivity contribution is 7.22. The van der Waals surface area contributed by atoms with Crippen LogP contribution in [-0.2, 0) is 13.1 Å². The summed E-state index contributed by atoms with van der Waals surface area (Å²) in [5, 5.41) is 7.23. The molecule has 0 bridgehead atoms. The summed E-state index contributed by atoms with van der Waals surface area (Å²) in [6, 6.07) is 26.8. The molecule has 162 valence electrons. The second-order valence-electron chi connectivity index (χ2n) is 8.23. The van der Waals surface area contributed by atoms with Crippen molar-refractivity contribution in [2.24, 2.45) is 0 Å². The largest absolute Gasteiger partial charge is 0.309 e. The number of likely N-dealkylation sites (tertiary alicyclic amines) is 1. The molecule has 5 nitrogen and oxygen atoms in total. The van der Waals surface area contributed by atoms with Crippen molar-refractivity contribution in [3.63, 3.8) is 0 Å². The van der Waals surface area contributed by atoms with Crippen molar-refractivity contribution in [3.05, 3.63) is 95.6 Å². The van der Waals surface area contributed by atoms with Crippen molar-refractivity contribution in [2.75, 3.05) is 18.4 Å². The Morgan fingerprint density at radius 2 is 1.81 bits per heavy atom. The Kier molecular flexibility index (Phi) is 6.25. The predicted octanol–water partition coefficient (Wildman–Crippen LogP) is 4.91. The Morgan fingerprint density at radius 1 is 1.00 bits per heavy atom. The van der Waals surface area contributed by atoms with Crippen molar-refractivity contribution < 1.29 is 4.79 Å². The Morgan fingerprint density at radius 3 is 2.69 bits per heavy atom. The van der Waals surface area contributed by atoms with E-state index in [-0.39, 0.29) is 5.91 Å². The second-order valence-corrected chi connectivity index (χ2v) is 9.26. The molecule has 1 fully saturated rings. The van der Waals surface area contributed by atoms with Gasteiger partial charge in [-0.1, -0.05) is 65.9 Å². The fraction of sp³-hybridized carbons (Fsp3) is 0.231. The van der Waals surface area contributed by atoms with Crippen molar-refractivity contribution in [1.29, 1.82) is 0 Å². The Balaban J connectivity index is 1.15. The molecule has 6 heteroatoms. The van der Waals surface area contributed by atoms with Gasteiger partial charge in [-0.05, 0) is 41.8 Å². The van der Waals surface area contributed by atoms with Gasteiger partial charge in [0.2, 0.25) is 0 Å². The van der Waals surface area contributed by atoms with Crippen molar-refractivity contribution >= 4 is 32.6 Å². The van der Waals surface area contributed by atoms with E-state index < -0.39 is 0 Å². The minimum Gasteiger partial charge on any atom is -0.309 e. The number of amides is 1. The quantitative estimate of drug-likeness (QED) is 0.427. The highest BCUT2D eigenvalue weighted by Gasteiger charge is 2.22. The van der Waals surface area contributed by atoms with Gasteiger partial charge in [0.1, 0.15) is 0 Å². The molecule has 0 saturated carbocycles. The standard InChI is InChI=1S/C26H26N4OS/c31-25(29-26-28-23-11-4-5-12-24(23)32-26)21-10-6-9-20(15-21)16-27-22-13-14-30(18-22)17-19-7-2-1-3-8-19/h1-12,15,22,27H,13-14,16-18H2,(H,28,29,31)/t22-/m0/s1. The molecule has 4 aromatic rings. The smallest absolute Gasteiger partial charge is 0.257 e. The molecule has 1 saturated heterocycles. The zero-order valence-corrected chi connectivity index (χ0v) is 18.6. The number of aromatic nitrogens is 1. The Hall–Kier alpha value is -3.06. The number of thiazole rings is 1. The number of carbonyl (C=O) groups is 1. The summed E-state index contributed by atoms with van der Waals surface area (Å²) in [6.07, 6.45) is 1.14. The summed E-state index contributed by atoms with van der Waals surface area (Å²) in [6.45, 7) is 3.91. The summed E-state index contributed by atoms with van der Waals surface area (Å²) in [5.41, 5.74) is 4.03. The lowest BCUT2D eigenvalue weighted by atomic mass is 10.1. The molecule has 5 rings (SSSR count). The number of carbonyl (C=O) groups excluding carboxylic acids is 1. The van der Waals surface area contributed by atoms with Gasteiger partial charge in [0.25, 0.3) is 5.91 Å². The first kappa shape index (κ1) is 20.8. The lowest BCUT2D eigenvalue weighted by molar-refractivity contribution is 0.102. The van der Waals surface area contributed by atoms with Crippen LogP contribution in [0.25, 0.3) is 10.2 Å². The van der Waals surface area contributed by atoms with E-state index in [1.807, 2.05) is 42.5 Å². The molecule has 1 aromatic heterocycles. The third-order valence-electron chi connectivity index (χ3n) is 5.82. The monoisotopic (exact) mass is 442 g/mol. The fourth-order valence-corrected chi connectivity index (χ4v) is 5.03. The number of hydrogen-bond donors (Lipinski definition) is 2. The highest BCUT2D eigenvalue weighted by Crippen LogP contribution is 2.25. The summed E-state index contributed by atoms with van der Waals surface area (Å²) in [4.78, 5) is 19.7. The van der Waals surface area contributed by atoms with Crippen LogP contribution in [0.2, 0.25) is 0 Å². The van der Waals surface area contributed by atoms with Crippen molar-refractivity contribution in [1.82, 2.24) is 15.2 Å². The van der Waals surface area contributed by atoms with Gasteiger partial charge in [0, 0.05) is 37.8 Å². The van der Waals surface area contributed by atoms with Gasteiger partial charge < -0.3 is 5.32 Å². The average molecular weight is 443 g/mol. The third-order valence-corrected chi connectivity index (χ3v) is 6.77. The number of fused-ring (bicyclic) bond motifs is 1. The van der Waals surface area contributed by atoms with Gasteiger partial charge >= 0.3 is 0 Å². The average Bonchev–Trinajstić information content (AvgIpc) is 3.44. The van der Waals surface area contributed by atoms with Crippen LogP contribution in [0.1, 0.15) is 27.9 Å². The maximum absolute atomic E-state index is 12.7. The molecule has 2 heterocycles. The highest BCUT2D eigenvalue weighted by atomic mass is 32.1. The molecule has 32 heavy (non-hydrogen) atoms. The summed E-state index contributed by atoms with van der Waals surface area (Å²) >= 11 is 1.49. The van der Waals surface area contributed by atoms with Crippen LogP contribution in [-0.4, -0.2) is 34.9 Å². The van der Waals surface area contributed by atoms with Crippen molar-refractivity contribution in [3.8, 4) is 0 Å². The topological polar surface area (TPSA) is 57.3 Å². The van der Waals surface area contributed by atoms with Gasteiger partial charge in [-0.15, -0.1) is 0 Å². The SMILES string of the molecule is O=C(Nc1nc2ccccc2s1)c1cccc(CN[C@H]2CCN(Cc3ccccc3)C2)c1. The van der Waals surface area contributed by atoms with Gasteiger partial charge in [-0.25, -0.2) is 4.98 Å². The molecule has 3 aromatic carbocycles. The number of nitrogens with one attached hydrogen (secondary N) is 2. The summed E-state index contributed by atoms with van der Waals surface area (Å²) in [5.74, 6) is -0.124. The molecule has 0 unspecified atom stereocenters. The minimum atomic E-state index is -0.124. The van der Waals surface area contributed by atoms with Crippen LogP contribution >= 0.6 is 11.3 Å². The summed E-state index contributed by atoms with van der Waals surface area (Å²) in [7, 11) is 0. The van der Waals surface area contributed by atoms with Gasteiger partial charge in [0.15, 0.2) is 5.13 Å². The molecule has 2 N–H and O–H groups in total. The maximum atomic E-state index is 12.7. The van der Waals surface area contributed by atoms with Gasteiger partial charge in [-0.2, -0.15) is 0 Å². The van der Waals surface area contributed by atoms with E-state index in [1.165, 1.54) is 16.9 Å². The van der Waals surface area contributed by atoms with E-state index in [4.69, 9.17) is 0 Å². The predicted molar refractivity (Wildman–Crippen MR) is 131 cm³/mol. The van der Waals surface area contributed by atoms with Crippen LogP contribution in [0.3, 0.4) is 0 Å². The van der Waals surface area contributed by atoms with Crippen LogP contribution in [0, 0.1) is 0 Å². The number of benzene rings is 3. The molecule has 0 radical (unpaired) electrons. The van der Waals surface area contributed by atoms with Gasteiger partial charge in [0.05, 0.1) is 10.2 Å². The molecule has 1 aliphatic heterocycles. The number of para-hydroxylation sites is 1. The molecular formula is C26H26N4OS. The number of nitrogens with zero attached hydrogens (tertiary/aromatic N) is 2. The Bertz CT molecular complexity index is 1170. The van der Waals surface area contributed by atoms with E-state index in [1.54, 1.807) is 0 Å². The van der Waals surface area contributed by atoms with Crippen LogP contribution in [0.5, 0.6) is 0 Å². The molecule has 1 aliphatic rings. The first-order chi connectivity index (χ1) is 15.7. The Labute approximate surface area is 192 Å². The van der Waals surface area contributed by atoms with E-state index in [0.717, 1.165) is 48.4 Å². The second kappa shape index (κ2) is 9.61. The van der Waals surface area contributed by atoms with Crippen LogP contribution in [0.4, 0.5) is 5.13 Å². The minimum absolute atomic E-state index is 0.124. The first-order valence-corrected chi connectivity index (χ1v) is 11.8. The maximum Gasteiger partial charge on any atom is 0.257 e. The van der Waals surface area contributed by atoms with Crippen LogP contribution in [0.15, 0.2) is 78.9 Å². The molecule has 1 atom stereocenters. The van der Waals surface area contributed by atoms with Gasteiger partial charge in [-0.3, -0.25) is 15.0 Å². The lowest BCUT2D eigenvalue weighted by Crippen LogP contribution is -2.32. The fourth-order valence-electron chi connectivity index (χ4n) is 4.16. The molecule has 0 aliphatic carbocycles. The van der Waals surface area contributed by atoms with Crippen molar-refractivity contribution in [2.45, 2.75) is 25.6 Å². The van der Waals surface area contributed by atoms with E-state index >= 15 is 0 Å². The zero-order valence-electron chi connectivity index (χ0n) is 17.8. The number of hydrogen-bond acceptors (Lipinski definition) is 5. The molecule has 1 amide bonds. The molecular weight excluding hydrogens is 416 g/mol. The lowest BCUT2D eigenvalue weighted by Gasteiger charge is -2.17.